The van der Waals surface area contributed by atoms with Crippen LogP contribution in [0.3, 0.4) is 0 Å². The molecule has 61 heavy (non-hydrogen) atoms. The van der Waals surface area contributed by atoms with Crippen molar-refractivity contribution >= 4 is 62.6 Å². The number of aromatic nitrogens is 2. The van der Waals surface area contributed by atoms with Crippen LogP contribution in [0.25, 0.3) is 21.8 Å². The quantitative estimate of drug-likeness (QED) is 0.0635. The number of hydrogen-bond acceptors (Lipinski definition) is 8. The first-order valence-corrected chi connectivity index (χ1v) is 21.0. The Morgan fingerprint density at radius 1 is 0.770 bits per heavy atom. The third-order valence-corrected chi connectivity index (χ3v) is 11.6. The number of guanidine groups is 2. The van der Waals surface area contributed by atoms with E-state index in [1.54, 1.807) is 22.9 Å². The number of amidine groups is 1. The van der Waals surface area contributed by atoms with E-state index in [1.165, 1.54) is 18.3 Å². The first kappa shape index (κ1) is 44.2. The van der Waals surface area contributed by atoms with E-state index in [-0.39, 0.29) is 22.7 Å². The van der Waals surface area contributed by atoms with Gasteiger partial charge in [-0.15, -0.1) is 0 Å². The average Bonchev–Trinajstić information content (AvgIpc) is 3.24. The number of pyridine rings is 2. The fraction of sp³-hybridized carbons (Fsp3) is 0.465. The Bertz CT molecular complexity index is 2470. The van der Waals surface area contributed by atoms with Gasteiger partial charge in [-0.05, 0) is 57.4 Å². The summed E-state index contributed by atoms with van der Waals surface area (Å²) in [4.78, 5) is 52.9. The number of benzene rings is 2. The number of carbonyl (C=O) groups is 1. The minimum atomic E-state index is -1.35. The van der Waals surface area contributed by atoms with Crippen LogP contribution in [0.2, 0.25) is 0 Å². The van der Waals surface area contributed by atoms with Gasteiger partial charge in [0.1, 0.15) is 23.0 Å². The van der Waals surface area contributed by atoms with Crippen LogP contribution in [0.15, 0.2) is 62.3 Å². The lowest BCUT2D eigenvalue weighted by molar-refractivity contribution is 0.0694. The Morgan fingerprint density at radius 2 is 1.33 bits per heavy atom. The van der Waals surface area contributed by atoms with E-state index in [0.29, 0.717) is 124 Å². The summed E-state index contributed by atoms with van der Waals surface area (Å²) in [5, 5.41) is 26.9. The van der Waals surface area contributed by atoms with Crippen molar-refractivity contribution in [2.75, 3.05) is 68.7 Å². The number of nitrogens with zero attached hydrogens (tertiary/aromatic N) is 8. The van der Waals surface area contributed by atoms with Gasteiger partial charge in [-0.25, -0.2) is 13.6 Å². The van der Waals surface area contributed by atoms with Gasteiger partial charge in [-0.3, -0.25) is 20.0 Å². The van der Waals surface area contributed by atoms with Gasteiger partial charge in [0.05, 0.1) is 22.4 Å². The van der Waals surface area contributed by atoms with Crippen molar-refractivity contribution in [2.45, 2.75) is 71.9 Å². The second-order valence-electron chi connectivity index (χ2n) is 15.5. The maximum atomic E-state index is 15.3. The molecule has 2 aliphatic rings. The summed E-state index contributed by atoms with van der Waals surface area (Å²) < 4.78 is 34.0. The lowest BCUT2D eigenvalue weighted by Gasteiger charge is -2.37. The summed E-state index contributed by atoms with van der Waals surface area (Å²) in [6, 6.07) is 7.26. The van der Waals surface area contributed by atoms with Gasteiger partial charge in [0.15, 0.2) is 11.4 Å². The van der Waals surface area contributed by atoms with Crippen molar-refractivity contribution in [3.8, 4) is 0 Å². The third kappa shape index (κ3) is 10.3. The maximum absolute atomic E-state index is 15.3. The average molecular weight is 843 g/mol. The van der Waals surface area contributed by atoms with Crippen LogP contribution in [0.4, 0.5) is 20.2 Å². The van der Waals surface area contributed by atoms with Crippen LogP contribution in [0.1, 0.15) is 69.2 Å². The molecule has 0 spiro atoms. The van der Waals surface area contributed by atoms with Gasteiger partial charge in [-0.1, -0.05) is 19.3 Å². The first-order chi connectivity index (χ1) is 29.3. The zero-order valence-electron chi connectivity index (χ0n) is 34.9. The summed E-state index contributed by atoms with van der Waals surface area (Å²) in [6.45, 7) is 9.34. The highest BCUT2D eigenvalue weighted by molar-refractivity contribution is 6.01. The number of fused-ring (bicyclic) bond motifs is 2. The van der Waals surface area contributed by atoms with Gasteiger partial charge < -0.3 is 50.7 Å². The van der Waals surface area contributed by atoms with Crippen molar-refractivity contribution in [1.29, 1.82) is 10.8 Å². The number of nitrogens with one attached hydrogen (secondary N) is 2. The second-order valence-corrected chi connectivity index (χ2v) is 15.5. The minimum absolute atomic E-state index is 0.0223. The van der Waals surface area contributed by atoms with Crippen molar-refractivity contribution in [2.24, 2.45) is 21.5 Å². The molecular weight excluding hydrogens is 787 g/mol. The van der Waals surface area contributed by atoms with Crippen molar-refractivity contribution in [1.82, 2.24) is 18.9 Å². The van der Waals surface area contributed by atoms with Gasteiger partial charge in [-0.2, -0.15) is 4.99 Å². The summed E-state index contributed by atoms with van der Waals surface area (Å²) in [5.41, 5.74) is 13.5. The molecule has 2 saturated heterocycles. The number of halogens is 2. The van der Waals surface area contributed by atoms with Crippen LogP contribution in [0.5, 0.6) is 0 Å². The zero-order chi connectivity index (χ0) is 43.8. The standard InChI is InChI=1S/C43H56F2N12O4/c1-3-52-13-11-38(58)29-23-32(44)36(25-34(29)52)54-14-18-56(19-15-54)39(47)22-28(46)10-8-6-5-7-9-12-50-42(48)51-43(49)57-20-16-55(17-21-57)37-26-35-30(24-33(37)45)40(59)31(41(60)61)27-53(35)4-2/h11,13,23-27,46-47H,3-10,12,14-22H2,1-2H3,(H,60,61)(H4,48,49,50,51). The fourth-order valence-corrected chi connectivity index (χ4v) is 8.08. The zero-order valence-corrected chi connectivity index (χ0v) is 34.9. The van der Waals surface area contributed by atoms with E-state index in [4.69, 9.17) is 22.3 Å². The molecule has 0 bridgehead atoms. The molecule has 0 aliphatic carbocycles. The van der Waals surface area contributed by atoms with E-state index in [2.05, 4.69) is 9.98 Å². The molecule has 2 aliphatic heterocycles. The number of carboxylic acid groups (broad SMARTS) is 1. The normalized spacial score (nSPS) is 15.3. The molecule has 326 valence electrons. The predicted octanol–water partition coefficient (Wildman–Crippen LogP) is 4.63. The Morgan fingerprint density at radius 3 is 1.93 bits per heavy atom. The van der Waals surface area contributed by atoms with Crippen LogP contribution in [-0.4, -0.2) is 112 Å². The summed E-state index contributed by atoms with van der Waals surface area (Å²) in [5.74, 6) is -1.67. The molecular formula is C43H56F2N12O4. The van der Waals surface area contributed by atoms with Crippen LogP contribution < -0.4 is 32.1 Å². The number of hydrogen-bond donors (Lipinski definition) is 5. The van der Waals surface area contributed by atoms with Crippen LogP contribution in [-0.2, 0) is 13.1 Å². The summed E-state index contributed by atoms with van der Waals surface area (Å²) >= 11 is 0. The van der Waals surface area contributed by atoms with E-state index in [0.717, 1.165) is 38.2 Å². The van der Waals surface area contributed by atoms with Gasteiger partial charge >= 0.3 is 5.97 Å². The lowest BCUT2D eigenvalue weighted by atomic mass is 10.1. The molecule has 0 saturated carbocycles. The number of aryl methyl sites for hydroxylation is 2. The van der Waals surface area contributed by atoms with E-state index < -0.39 is 28.6 Å². The number of anilines is 2. The molecule has 0 radical (unpaired) electrons. The summed E-state index contributed by atoms with van der Waals surface area (Å²) in [6.07, 6.45) is 8.53. The number of unbranched alkanes of at least 4 members (excludes halogenated alkanes) is 4. The molecule has 6 rings (SSSR count). The Hall–Kier alpha value is -6.33. The molecule has 18 heteroatoms. The SMILES string of the molecule is CCn1ccc(=O)c2cc(F)c(N3CCN(C(=N)CC(=N)CCCCCCCN=C(N)N=C(N)N4CCN(c5cc6c(cc5F)c(=O)c(C(=O)O)cn6CC)CC4)CC3)cc21. The summed E-state index contributed by atoms with van der Waals surface area (Å²) in [7, 11) is 0. The molecule has 0 atom stereocenters. The topological polar surface area (TPSA) is 219 Å². The van der Waals surface area contributed by atoms with Gasteiger partial charge in [0.25, 0.3) is 0 Å². The van der Waals surface area contributed by atoms with Crippen LogP contribution in [0, 0.1) is 22.5 Å². The number of rotatable bonds is 15. The number of nitrogens with two attached hydrogens (primary N) is 2. The van der Waals surface area contributed by atoms with E-state index in [1.807, 2.05) is 38.0 Å². The van der Waals surface area contributed by atoms with Gasteiger partial charge in [0, 0.05) is 113 Å². The highest BCUT2D eigenvalue weighted by atomic mass is 19.1. The molecule has 16 nitrogen and oxygen atoms in total. The smallest absolute Gasteiger partial charge is 0.341 e. The number of carboxylic acids is 1. The first-order valence-electron chi connectivity index (χ1n) is 21.0. The van der Waals surface area contributed by atoms with Gasteiger partial charge in [0.2, 0.25) is 11.4 Å². The molecule has 4 heterocycles. The van der Waals surface area contributed by atoms with E-state index >= 15 is 8.78 Å². The minimum Gasteiger partial charge on any atom is -0.477 e. The van der Waals surface area contributed by atoms with Crippen molar-refractivity contribution < 1.29 is 18.7 Å². The Labute approximate surface area is 352 Å². The lowest BCUT2D eigenvalue weighted by Crippen LogP contribution is -2.51. The largest absolute Gasteiger partial charge is 0.477 e. The number of aliphatic imine (C=N–C) groups is 2. The van der Waals surface area contributed by atoms with Crippen molar-refractivity contribution in [3.63, 3.8) is 0 Å². The predicted molar refractivity (Wildman–Crippen MR) is 238 cm³/mol. The highest BCUT2D eigenvalue weighted by Gasteiger charge is 2.25. The third-order valence-electron chi connectivity index (χ3n) is 11.6. The molecule has 2 aromatic carbocycles. The Balaban J connectivity index is 0.863. The highest BCUT2D eigenvalue weighted by Crippen LogP contribution is 2.28. The molecule has 0 amide bonds. The molecule has 2 aromatic heterocycles. The number of piperazine rings is 2. The fourth-order valence-electron chi connectivity index (χ4n) is 8.08. The Kier molecular flexibility index (Phi) is 14.4. The second kappa shape index (κ2) is 19.8. The molecule has 0 unspecified atom stereocenters. The van der Waals surface area contributed by atoms with Crippen LogP contribution >= 0.6 is 0 Å². The van der Waals surface area contributed by atoms with Crippen molar-refractivity contribution in [3.05, 3.63) is 80.4 Å². The number of aromatic carboxylic acids is 1. The molecule has 7 N–H and O–H groups in total. The van der Waals surface area contributed by atoms with E-state index in [9.17, 15) is 19.5 Å². The maximum Gasteiger partial charge on any atom is 0.341 e. The molecule has 2 fully saturated rings. The monoisotopic (exact) mass is 842 g/mol. The molecule has 4 aromatic rings.